The van der Waals surface area contributed by atoms with Crippen molar-refractivity contribution in [3.63, 3.8) is 0 Å². The second-order valence-electron chi connectivity index (χ2n) is 3.68. The van der Waals surface area contributed by atoms with E-state index in [-0.39, 0.29) is 12.3 Å². The molecule has 6 heteroatoms. The molecule has 2 atom stereocenters. The predicted octanol–water partition coefficient (Wildman–Crippen LogP) is 1.28. The van der Waals surface area contributed by atoms with Crippen LogP contribution in [0.5, 0.6) is 5.75 Å². The molecule has 1 aliphatic rings. The van der Waals surface area contributed by atoms with E-state index in [0.717, 1.165) is 0 Å². The maximum Gasteiger partial charge on any atom is 0.265 e. The normalized spacial score (nSPS) is 19.6. The number of anilines is 1. The number of fused-ring (bicyclic) bond motifs is 1. The quantitative estimate of drug-likeness (QED) is 0.829. The van der Waals surface area contributed by atoms with Gasteiger partial charge in [-0.15, -0.1) is 0 Å². The molecular weight excluding hydrogens is 242 g/mol. The molecule has 1 aliphatic heterocycles. The number of hydrogen-bond donors (Lipinski definition) is 2. The molecule has 0 bridgehead atoms. The van der Waals surface area contributed by atoms with Gasteiger partial charge in [0.05, 0.1) is 22.8 Å². The van der Waals surface area contributed by atoms with Crippen LogP contribution in [0.2, 0.25) is 5.02 Å². The summed E-state index contributed by atoms with van der Waals surface area (Å²) in [5.74, 6) is 0.106. The molecule has 0 spiro atoms. The van der Waals surface area contributed by atoms with Crippen molar-refractivity contribution in [2.75, 3.05) is 5.32 Å². The summed E-state index contributed by atoms with van der Waals surface area (Å²) in [6.07, 6.45) is -0.649. The highest BCUT2D eigenvalue weighted by Gasteiger charge is 2.30. The molecule has 0 aromatic heterocycles. The average molecular weight is 252 g/mol. The molecule has 0 aliphatic carbocycles. The molecule has 0 saturated carbocycles. The molecule has 1 amide bonds. The molecule has 1 aromatic rings. The first kappa shape index (κ1) is 11.7. The van der Waals surface area contributed by atoms with Gasteiger partial charge in [0.15, 0.2) is 11.9 Å². The van der Waals surface area contributed by atoms with Gasteiger partial charge in [0.25, 0.3) is 5.91 Å². The lowest BCUT2D eigenvalue weighted by molar-refractivity contribution is -0.123. The largest absolute Gasteiger partial charge is 0.477 e. The van der Waals surface area contributed by atoms with Crippen molar-refractivity contribution in [2.24, 2.45) is 5.73 Å². The average Bonchev–Trinajstić information content (AvgIpc) is 2.31. The fraction of sp³-hybridized carbons (Fsp3) is 0.273. The summed E-state index contributed by atoms with van der Waals surface area (Å²) in [4.78, 5) is 11.7. The van der Waals surface area contributed by atoms with Crippen LogP contribution in [0.4, 0.5) is 5.69 Å². The van der Waals surface area contributed by atoms with E-state index in [9.17, 15) is 4.79 Å². The van der Waals surface area contributed by atoms with Crippen molar-refractivity contribution in [1.29, 1.82) is 5.26 Å². The fourth-order valence-electron chi connectivity index (χ4n) is 1.57. The van der Waals surface area contributed by atoms with Crippen LogP contribution in [-0.2, 0) is 4.79 Å². The Bertz CT molecular complexity index is 498. The molecule has 1 unspecified atom stereocenters. The molecule has 0 fully saturated rings. The van der Waals surface area contributed by atoms with Crippen LogP contribution in [0.3, 0.4) is 0 Å². The van der Waals surface area contributed by atoms with Crippen molar-refractivity contribution in [3.8, 4) is 11.8 Å². The molecule has 1 aromatic carbocycles. The Morgan fingerprint density at radius 3 is 3.12 bits per heavy atom. The Morgan fingerprint density at radius 1 is 1.65 bits per heavy atom. The topological polar surface area (TPSA) is 88.1 Å². The molecule has 1 heterocycles. The van der Waals surface area contributed by atoms with Crippen LogP contribution < -0.4 is 15.8 Å². The molecule has 3 N–H and O–H groups in total. The lowest BCUT2D eigenvalue weighted by Crippen LogP contribution is -2.41. The van der Waals surface area contributed by atoms with Crippen molar-refractivity contribution < 1.29 is 9.53 Å². The van der Waals surface area contributed by atoms with E-state index in [0.29, 0.717) is 16.5 Å². The van der Waals surface area contributed by atoms with Gasteiger partial charge in [-0.05, 0) is 12.1 Å². The third kappa shape index (κ3) is 2.33. The Labute approximate surface area is 103 Å². The zero-order valence-corrected chi connectivity index (χ0v) is 9.57. The van der Waals surface area contributed by atoms with E-state index < -0.39 is 12.1 Å². The molecule has 17 heavy (non-hydrogen) atoms. The highest BCUT2D eigenvalue weighted by Crippen LogP contribution is 2.36. The van der Waals surface area contributed by atoms with E-state index in [2.05, 4.69) is 5.32 Å². The lowest BCUT2D eigenvalue weighted by Gasteiger charge is -2.26. The summed E-state index contributed by atoms with van der Waals surface area (Å²) in [6.45, 7) is 0. The zero-order valence-electron chi connectivity index (χ0n) is 8.81. The van der Waals surface area contributed by atoms with Crippen LogP contribution >= 0.6 is 11.6 Å². The Balaban J connectivity index is 2.23. The van der Waals surface area contributed by atoms with Crippen molar-refractivity contribution in [3.05, 3.63) is 23.2 Å². The highest BCUT2D eigenvalue weighted by atomic mass is 35.5. The first-order chi connectivity index (χ1) is 8.11. The lowest BCUT2D eigenvalue weighted by atomic mass is 10.1. The van der Waals surface area contributed by atoms with E-state index in [1.54, 1.807) is 18.2 Å². The molecule has 88 valence electrons. The van der Waals surface area contributed by atoms with Gasteiger partial charge in [-0.25, -0.2) is 0 Å². The summed E-state index contributed by atoms with van der Waals surface area (Å²) < 4.78 is 5.47. The SMILES string of the molecule is N#CC(N)C[C@@H]1Oc2c(Cl)cccc2NC1=O. The number of halogens is 1. The van der Waals surface area contributed by atoms with Crippen LogP contribution in [-0.4, -0.2) is 18.1 Å². The number of nitrogens with zero attached hydrogens (tertiary/aromatic N) is 1. The second kappa shape index (κ2) is 4.62. The number of carbonyl (C=O) groups is 1. The third-order valence-corrected chi connectivity index (χ3v) is 2.71. The van der Waals surface area contributed by atoms with E-state index in [1.165, 1.54) is 0 Å². The minimum Gasteiger partial charge on any atom is -0.477 e. The standard InChI is InChI=1S/C11H10ClN3O2/c12-7-2-1-3-8-10(7)17-9(11(16)15-8)4-6(14)5-13/h1-3,6,9H,4,14H2,(H,15,16)/t6?,9-/m0/s1. The van der Waals surface area contributed by atoms with Gasteiger partial charge in [0.2, 0.25) is 0 Å². The van der Waals surface area contributed by atoms with Gasteiger partial charge in [-0.3, -0.25) is 4.79 Å². The number of nitriles is 1. The third-order valence-electron chi connectivity index (χ3n) is 2.41. The monoisotopic (exact) mass is 251 g/mol. The van der Waals surface area contributed by atoms with Gasteiger partial charge in [-0.2, -0.15) is 5.26 Å². The summed E-state index contributed by atoms with van der Waals surface area (Å²) in [6, 6.07) is 6.19. The minimum absolute atomic E-state index is 0.132. The number of ether oxygens (including phenoxy) is 1. The van der Waals surface area contributed by atoms with Gasteiger partial charge in [-0.1, -0.05) is 17.7 Å². The van der Waals surface area contributed by atoms with Crippen molar-refractivity contribution in [2.45, 2.75) is 18.6 Å². The number of benzene rings is 1. The summed E-state index contributed by atoms with van der Waals surface area (Å²) >= 11 is 5.95. The fourth-order valence-corrected chi connectivity index (χ4v) is 1.79. The van der Waals surface area contributed by atoms with E-state index in [4.69, 9.17) is 27.3 Å². The van der Waals surface area contributed by atoms with Crippen LogP contribution in [0.25, 0.3) is 0 Å². The molecule has 2 rings (SSSR count). The van der Waals surface area contributed by atoms with Gasteiger partial charge < -0.3 is 15.8 Å². The molecule has 0 radical (unpaired) electrons. The maximum atomic E-state index is 11.7. The van der Waals surface area contributed by atoms with Crippen molar-refractivity contribution >= 4 is 23.2 Å². The number of amides is 1. The van der Waals surface area contributed by atoms with Gasteiger partial charge >= 0.3 is 0 Å². The minimum atomic E-state index is -0.781. The first-order valence-corrected chi connectivity index (χ1v) is 5.41. The van der Waals surface area contributed by atoms with E-state index in [1.807, 2.05) is 6.07 Å². The predicted molar refractivity (Wildman–Crippen MR) is 62.7 cm³/mol. The summed E-state index contributed by atoms with van der Waals surface area (Å²) in [7, 11) is 0. The highest BCUT2D eigenvalue weighted by molar-refractivity contribution is 6.32. The number of nitrogens with two attached hydrogens (primary N) is 1. The molecule has 0 saturated heterocycles. The Hall–Kier alpha value is -1.77. The Kier molecular flexibility index (Phi) is 3.18. The summed E-state index contributed by atoms with van der Waals surface area (Å²) in [5.41, 5.74) is 6.00. The van der Waals surface area contributed by atoms with Crippen molar-refractivity contribution in [1.82, 2.24) is 0 Å². The second-order valence-corrected chi connectivity index (χ2v) is 4.09. The van der Waals surface area contributed by atoms with Crippen LogP contribution in [0.1, 0.15) is 6.42 Å². The number of carbonyl (C=O) groups excluding carboxylic acids is 1. The molecule has 5 nitrogen and oxygen atoms in total. The van der Waals surface area contributed by atoms with Crippen LogP contribution in [0.15, 0.2) is 18.2 Å². The van der Waals surface area contributed by atoms with Gasteiger partial charge in [0, 0.05) is 6.42 Å². The first-order valence-electron chi connectivity index (χ1n) is 5.03. The Morgan fingerprint density at radius 2 is 2.41 bits per heavy atom. The molecular formula is C11H10ClN3O2. The number of hydrogen-bond acceptors (Lipinski definition) is 4. The summed E-state index contributed by atoms with van der Waals surface area (Å²) in [5, 5.41) is 11.7. The number of para-hydroxylation sites is 1. The van der Waals surface area contributed by atoms with Crippen LogP contribution in [0, 0.1) is 11.3 Å². The van der Waals surface area contributed by atoms with E-state index >= 15 is 0 Å². The van der Waals surface area contributed by atoms with Gasteiger partial charge in [0.1, 0.15) is 0 Å². The maximum absolute atomic E-state index is 11.7. The number of nitrogens with one attached hydrogen (secondary N) is 1. The zero-order chi connectivity index (χ0) is 12.4. The smallest absolute Gasteiger partial charge is 0.265 e. The number of rotatable bonds is 2.